The topological polar surface area (TPSA) is 72.5 Å². The number of carbonyl (C=O) groups is 1. The van der Waals surface area contributed by atoms with E-state index in [1.54, 1.807) is 12.3 Å². The highest BCUT2D eigenvalue weighted by atomic mass is 79.9. The zero-order valence-corrected chi connectivity index (χ0v) is 15.3. The van der Waals surface area contributed by atoms with Gasteiger partial charge in [-0.15, -0.1) is 22.7 Å². The first-order valence-electron chi connectivity index (χ1n) is 5.57. The van der Waals surface area contributed by atoms with Crippen molar-refractivity contribution in [1.82, 2.24) is 0 Å². The maximum absolute atomic E-state index is 12.3. The Kier molecular flexibility index (Phi) is 5.31. The number of sulfonamides is 1. The molecule has 0 amide bonds. The first kappa shape index (κ1) is 16.8. The number of esters is 1. The van der Waals surface area contributed by atoms with E-state index in [-0.39, 0.29) is 21.4 Å². The number of nitrogens with one attached hydrogen (secondary N) is 1. The minimum absolute atomic E-state index is 0.0579. The molecule has 2 aromatic heterocycles. The standard InChI is InChI=1S/C11H9BrClNO4S3/c1-2-18-11(15)6-3-4-19-10(6)14-21(16,17)8-5-7(13)9(12)20-8/h3-5,14H,2H2,1H3. The number of halogens is 2. The van der Waals surface area contributed by atoms with E-state index in [1.165, 1.54) is 12.1 Å². The Morgan fingerprint density at radius 3 is 2.81 bits per heavy atom. The van der Waals surface area contributed by atoms with Gasteiger partial charge in [-0.1, -0.05) is 11.6 Å². The van der Waals surface area contributed by atoms with Gasteiger partial charge in [0.1, 0.15) is 9.21 Å². The Morgan fingerprint density at radius 2 is 2.24 bits per heavy atom. The van der Waals surface area contributed by atoms with Crippen LogP contribution in [0.3, 0.4) is 0 Å². The van der Waals surface area contributed by atoms with Crippen LogP contribution in [0.15, 0.2) is 25.5 Å². The highest BCUT2D eigenvalue weighted by Gasteiger charge is 2.23. The van der Waals surface area contributed by atoms with E-state index in [2.05, 4.69) is 20.7 Å². The summed E-state index contributed by atoms with van der Waals surface area (Å²) in [6, 6.07) is 2.86. The molecule has 0 aliphatic carbocycles. The van der Waals surface area contributed by atoms with Crippen LogP contribution in [0.2, 0.25) is 5.02 Å². The maximum Gasteiger partial charge on any atom is 0.341 e. The second-order valence-electron chi connectivity index (χ2n) is 3.68. The molecule has 0 saturated carbocycles. The third-order valence-electron chi connectivity index (χ3n) is 2.28. The average molecular weight is 431 g/mol. The van der Waals surface area contributed by atoms with Crippen molar-refractivity contribution in [2.75, 3.05) is 11.3 Å². The molecule has 0 fully saturated rings. The van der Waals surface area contributed by atoms with Gasteiger partial charge in [-0.25, -0.2) is 13.2 Å². The maximum atomic E-state index is 12.3. The molecular formula is C11H9BrClNO4S3. The lowest BCUT2D eigenvalue weighted by molar-refractivity contribution is 0.0528. The molecule has 0 aliphatic rings. The van der Waals surface area contributed by atoms with Gasteiger partial charge >= 0.3 is 5.97 Å². The molecule has 0 bridgehead atoms. The van der Waals surface area contributed by atoms with E-state index in [9.17, 15) is 13.2 Å². The van der Waals surface area contributed by atoms with Gasteiger partial charge in [0.25, 0.3) is 10.0 Å². The SMILES string of the molecule is CCOC(=O)c1ccsc1NS(=O)(=O)c1cc(Cl)c(Br)s1. The summed E-state index contributed by atoms with van der Waals surface area (Å²) in [7, 11) is -3.80. The number of ether oxygens (including phenoxy) is 1. The minimum Gasteiger partial charge on any atom is -0.462 e. The van der Waals surface area contributed by atoms with Crippen molar-refractivity contribution in [3.05, 3.63) is 31.9 Å². The molecule has 2 rings (SSSR count). The highest BCUT2D eigenvalue weighted by molar-refractivity contribution is 9.11. The fraction of sp³-hybridized carbons (Fsp3) is 0.182. The minimum atomic E-state index is -3.80. The van der Waals surface area contributed by atoms with E-state index in [0.29, 0.717) is 8.81 Å². The van der Waals surface area contributed by atoms with Gasteiger partial charge in [0.15, 0.2) is 0 Å². The van der Waals surface area contributed by atoms with Crippen LogP contribution in [-0.4, -0.2) is 21.0 Å². The molecular weight excluding hydrogens is 422 g/mol. The van der Waals surface area contributed by atoms with Crippen LogP contribution in [-0.2, 0) is 14.8 Å². The molecule has 0 spiro atoms. The number of thiophene rings is 2. The van der Waals surface area contributed by atoms with Crippen molar-refractivity contribution >= 4 is 71.2 Å². The zero-order chi connectivity index (χ0) is 15.6. The lowest BCUT2D eigenvalue weighted by atomic mass is 10.3. The molecule has 21 heavy (non-hydrogen) atoms. The van der Waals surface area contributed by atoms with Gasteiger partial charge in [0.05, 0.1) is 21.0 Å². The van der Waals surface area contributed by atoms with Crippen molar-refractivity contribution in [3.8, 4) is 0 Å². The van der Waals surface area contributed by atoms with Crippen molar-refractivity contribution < 1.29 is 17.9 Å². The first-order chi connectivity index (χ1) is 9.85. The molecule has 0 unspecified atom stereocenters. The number of rotatable bonds is 5. The van der Waals surface area contributed by atoms with Crippen LogP contribution in [0.4, 0.5) is 5.00 Å². The fourth-order valence-corrected chi connectivity index (χ4v) is 5.89. The molecule has 2 aromatic rings. The van der Waals surface area contributed by atoms with Crippen molar-refractivity contribution in [1.29, 1.82) is 0 Å². The molecule has 0 atom stereocenters. The Labute approximate surface area is 143 Å². The summed E-state index contributed by atoms with van der Waals surface area (Å²) in [6.45, 7) is 1.90. The number of anilines is 1. The number of carbonyl (C=O) groups excluding carboxylic acids is 1. The van der Waals surface area contributed by atoms with Gasteiger partial charge in [-0.2, -0.15) is 0 Å². The molecule has 5 nitrogen and oxygen atoms in total. The van der Waals surface area contributed by atoms with E-state index in [0.717, 1.165) is 22.7 Å². The lowest BCUT2D eigenvalue weighted by Gasteiger charge is -2.06. The highest BCUT2D eigenvalue weighted by Crippen LogP contribution is 2.36. The second kappa shape index (κ2) is 6.66. The molecule has 0 aromatic carbocycles. The predicted octanol–water partition coefficient (Wildman–Crippen LogP) is 4.20. The fourth-order valence-electron chi connectivity index (χ4n) is 1.39. The molecule has 114 valence electrons. The van der Waals surface area contributed by atoms with E-state index < -0.39 is 16.0 Å². The molecule has 1 N–H and O–H groups in total. The van der Waals surface area contributed by atoms with Crippen LogP contribution in [0.25, 0.3) is 0 Å². The molecule has 10 heteroatoms. The third kappa shape index (κ3) is 3.78. The number of hydrogen-bond acceptors (Lipinski definition) is 6. The molecule has 0 radical (unpaired) electrons. The smallest absolute Gasteiger partial charge is 0.341 e. The summed E-state index contributed by atoms with van der Waals surface area (Å²) in [5, 5.41) is 2.15. The van der Waals surface area contributed by atoms with Gasteiger partial charge in [-0.3, -0.25) is 4.72 Å². The van der Waals surface area contributed by atoms with Crippen molar-refractivity contribution in [3.63, 3.8) is 0 Å². The largest absolute Gasteiger partial charge is 0.462 e. The monoisotopic (exact) mass is 429 g/mol. The molecule has 0 aliphatic heterocycles. The van der Waals surface area contributed by atoms with Gasteiger partial charge in [-0.05, 0) is 40.4 Å². The van der Waals surface area contributed by atoms with Crippen LogP contribution >= 0.6 is 50.2 Å². The van der Waals surface area contributed by atoms with E-state index in [1.807, 2.05) is 0 Å². The molecule has 2 heterocycles. The van der Waals surface area contributed by atoms with Gasteiger partial charge in [0.2, 0.25) is 0 Å². The quantitative estimate of drug-likeness (QED) is 0.721. The Hall–Kier alpha value is -0.610. The Bertz CT molecular complexity index is 749. The lowest BCUT2D eigenvalue weighted by Crippen LogP contribution is -2.13. The van der Waals surface area contributed by atoms with Gasteiger partial charge in [0, 0.05) is 0 Å². The van der Waals surface area contributed by atoms with Crippen LogP contribution in [0, 0.1) is 0 Å². The summed E-state index contributed by atoms with van der Waals surface area (Å²) < 4.78 is 32.4. The average Bonchev–Trinajstić information content (AvgIpc) is 2.97. The normalized spacial score (nSPS) is 11.4. The zero-order valence-electron chi connectivity index (χ0n) is 10.6. The summed E-state index contributed by atoms with van der Waals surface area (Å²) in [5.74, 6) is -0.568. The van der Waals surface area contributed by atoms with E-state index in [4.69, 9.17) is 16.3 Å². The Morgan fingerprint density at radius 1 is 1.52 bits per heavy atom. The summed E-state index contributed by atoms with van der Waals surface area (Å²) in [5.41, 5.74) is 0.187. The Balaban J connectivity index is 2.29. The summed E-state index contributed by atoms with van der Waals surface area (Å²) in [4.78, 5) is 11.7. The third-order valence-corrected chi connectivity index (χ3v) is 7.53. The molecule has 0 saturated heterocycles. The predicted molar refractivity (Wildman–Crippen MR) is 88.1 cm³/mol. The van der Waals surface area contributed by atoms with Crippen molar-refractivity contribution in [2.45, 2.75) is 11.1 Å². The van der Waals surface area contributed by atoms with Crippen molar-refractivity contribution in [2.24, 2.45) is 0 Å². The number of hydrogen-bond donors (Lipinski definition) is 1. The summed E-state index contributed by atoms with van der Waals surface area (Å²) >= 11 is 11.1. The second-order valence-corrected chi connectivity index (χ2v) is 9.28. The van der Waals surface area contributed by atoms with Crippen LogP contribution < -0.4 is 4.72 Å². The van der Waals surface area contributed by atoms with Crippen LogP contribution in [0.1, 0.15) is 17.3 Å². The summed E-state index contributed by atoms with van der Waals surface area (Å²) in [6.07, 6.45) is 0. The first-order valence-corrected chi connectivity index (χ1v) is 9.92. The van der Waals surface area contributed by atoms with Gasteiger partial charge < -0.3 is 4.74 Å². The van der Waals surface area contributed by atoms with Crippen LogP contribution in [0.5, 0.6) is 0 Å². The van der Waals surface area contributed by atoms with E-state index >= 15 is 0 Å².